The van der Waals surface area contributed by atoms with E-state index in [1.165, 1.54) is 6.42 Å². The Morgan fingerprint density at radius 2 is 2.12 bits per heavy atom. The molecule has 1 aliphatic rings. The lowest BCUT2D eigenvalue weighted by molar-refractivity contribution is 0.188. The van der Waals surface area contributed by atoms with Gasteiger partial charge < -0.3 is 4.74 Å². The highest BCUT2D eigenvalue weighted by Gasteiger charge is 2.07. The molecule has 0 spiro atoms. The lowest BCUT2D eigenvalue weighted by Crippen LogP contribution is -1.88. The van der Waals surface area contributed by atoms with Crippen LogP contribution >= 0.6 is 0 Å². The maximum Gasteiger partial charge on any atom is 0.0492 e. The summed E-state index contributed by atoms with van der Waals surface area (Å²) in [5.74, 6) is 0.824. The van der Waals surface area contributed by atoms with Crippen LogP contribution in [0.15, 0.2) is 0 Å². The van der Waals surface area contributed by atoms with E-state index in [0.717, 1.165) is 19.1 Å². The van der Waals surface area contributed by atoms with Crippen molar-refractivity contribution in [1.29, 1.82) is 0 Å². The van der Waals surface area contributed by atoms with Gasteiger partial charge in [0.1, 0.15) is 0 Å². The van der Waals surface area contributed by atoms with Crippen molar-refractivity contribution in [2.45, 2.75) is 13.3 Å². The fourth-order valence-corrected chi connectivity index (χ4v) is 0.652. The first-order chi connectivity index (χ1) is 3.89. The molecular formula is C7H12O. The van der Waals surface area contributed by atoms with Crippen LogP contribution in [0.2, 0.25) is 0 Å². The van der Waals surface area contributed by atoms with Crippen molar-refractivity contribution < 1.29 is 4.74 Å². The smallest absolute Gasteiger partial charge is 0.0492 e. The predicted molar refractivity (Wildman–Crippen MR) is 34.5 cm³/mol. The van der Waals surface area contributed by atoms with Crippen molar-refractivity contribution in [3.8, 4) is 12.8 Å². The molecule has 0 aliphatic carbocycles. The molecule has 0 amide bonds. The third-order valence-electron chi connectivity index (χ3n) is 1.16. The summed E-state index contributed by atoms with van der Waals surface area (Å²) in [6, 6.07) is 0. The number of hydrogen-bond acceptors (Lipinski definition) is 1. The molecule has 0 radical (unpaired) electrons. The van der Waals surface area contributed by atoms with Crippen molar-refractivity contribution >= 4 is 0 Å². The van der Waals surface area contributed by atoms with E-state index in [2.05, 4.69) is 19.8 Å². The monoisotopic (exact) mass is 112 g/mol. The van der Waals surface area contributed by atoms with Crippen LogP contribution < -0.4 is 0 Å². The van der Waals surface area contributed by atoms with Gasteiger partial charge in [-0.05, 0) is 12.3 Å². The molecule has 1 unspecified atom stereocenters. The lowest BCUT2D eigenvalue weighted by Gasteiger charge is -1.89. The molecule has 1 atom stereocenters. The zero-order valence-corrected chi connectivity index (χ0v) is 5.26. The molecule has 1 aliphatic heterocycles. The summed E-state index contributed by atoms with van der Waals surface area (Å²) >= 11 is 0. The normalized spacial score (nSPS) is 26.1. The molecule has 0 aromatic carbocycles. The summed E-state index contributed by atoms with van der Waals surface area (Å²) in [4.78, 5) is 0. The highest BCUT2D eigenvalue weighted by molar-refractivity contribution is 4.55. The molecular weight excluding hydrogens is 100 g/mol. The van der Waals surface area contributed by atoms with Crippen LogP contribution in [-0.2, 0) is 4.74 Å². The maximum atomic E-state index is 5.06. The Balaban J connectivity index is 0.000000222. The van der Waals surface area contributed by atoms with Crippen LogP contribution in [0, 0.1) is 18.8 Å². The van der Waals surface area contributed by atoms with Gasteiger partial charge >= 0.3 is 0 Å². The van der Waals surface area contributed by atoms with Crippen LogP contribution in [0.5, 0.6) is 0 Å². The van der Waals surface area contributed by atoms with Gasteiger partial charge in [0.15, 0.2) is 0 Å². The van der Waals surface area contributed by atoms with Crippen molar-refractivity contribution in [2.75, 3.05) is 13.2 Å². The van der Waals surface area contributed by atoms with Crippen LogP contribution in [0.3, 0.4) is 0 Å². The Morgan fingerprint density at radius 3 is 2.25 bits per heavy atom. The fourth-order valence-electron chi connectivity index (χ4n) is 0.652. The highest BCUT2D eigenvalue weighted by atomic mass is 16.5. The van der Waals surface area contributed by atoms with Crippen LogP contribution in [-0.4, -0.2) is 13.2 Å². The fraction of sp³-hybridized carbons (Fsp3) is 0.714. The number of rotatable bonds is 0. The minimum atomic E-state index is 0.824. The van der Waals surface area contributed by atoms with E-state index in [9.17, 15) is 0 Å². The van der Waals surface area contributed by atoms with Gasteiger partial charge in [-0.1, -0.05) is 6.92 Å². The van der Waals surface area contributed by atoms with Crippen LogP contribution in [0.25, 0.3) is 0 Å². The van der Waals surface area contributed by atoms with Crippen molar-refractivity contribution in [3.63, 3.8) is 0 Å². The van der Waals surface area contributed by atoms with E-state index < -0.39 is 0 Å². The van der Waals surface area contributed by atoms with E-state index >= 15 is 0 Å². The Hall–Kier alpha value is -0.480. The summed E-state index contributed by atoms with van der Waals surface area (Å²) in [6.45, 7) is 4.19. The summed E-state index contributed by atoms with van der Waals surface area (Å²) < 4.78 is 5.06. The minimum absolute atomic E-state index is 0.824. The van der Waals surface area contributed by atoms with E-state index in [4.69, 9.17) is 4.74 Å². The van der Waals surface area contributed by atoms with Gasteiger partial charge in [0.05, 0.1) is 0 Å². The molecule has 1 fully saturated rings. The largest absolute Gasteiger partial charge is 0.381 e. The summed E-state index contributed by atoms with van der Waals surface area (Å²) in [5, 5.41) is 0. The molecule has 1 heterocycles. The first-order valence-corrected chi connectivity index (χ1v) is 2.80. The molecule has 0 N–H and O–H groups in total. The SMILES string of the molecule is C#C.CC1CCOC1. The van der Waals surface area contributed by atoms with Gasteiger partial charge in [-0.25, -0.2) is 0 Å². The molecule has 46 valence electrons. The van der Waals surface area contributed by atoms with Crippen molar-refractivity contribution in [1.82, 2.24) is 0 Å². The van der Waals surface area contributed by atoms with E-state index in [-0.39, 0.29) is 0 Å². The van der Waals surface area contributed by atoms with Gasteiger partial charge in [-0.15, -0.1) is 12.8 Å². The third-order valence-corrected chi connectivity index (χ3v) is 1.16. The standard InChI is InChI=1S/C5H10O.C2H2/c1-5-2-3-6-4-5;1-2/h5H,2-4H2,1H3;1-2H. The maximum absolute atomic E-state index is 5.06. The molecule has 1 heteroatoms. The first kappa shape index (κ1) is 7.52. The average Bonchev–Trinajstić information content (AvgIpc) is 2.24. The summed E-state index contributed by atoms with van der Waals surface area (Å²) in [7, 11) is 0. The topological polar surface area (TPSA) is 9.23 Å². The van der Waals surface area contributed by atoms with Gasteiger partial charge in [0, 0.05) is 13.2 Å². The van der Waals surface area contributed by atoms with Crippen LogP contribution in [0.1, 0.15) is 13.3 Å². The van der Waals surface area contributed by atoms with Crippen LogP contribution in [0.4, 0.5) is 0 Å². The van der Waals surface area contributed by atoms with Gasteiger partial charge in [0.2, 0.25) is 0 Å². The lowest BCUT2D eigenvalue weighted by atomic mass is 10.2. The van der Waals surface area contributed by atoms with E-state index in [1.54, 1.807) is 0 Å². The second-order valence-corrected chi connectivity index (χ2v) is 1.97. The van der Waals surface area contributed by atoms with Gasteiger partial charge in [0.25, 0.3) is 0 Å². The molecule has 0 aromatic rings. The molecule has 0 saturated carbocycles. The minimum Gasteiger partial charge on any atom is -0.381 e. The predicted octanol–water partition coefficient (Wildman–Crippen LogP) is 1.29. The zero-order chi connectivity index (χ0) is 6.41. The Bertz CT molecular complexity index is 60.0. The van der Waals surface area contributed by atoms with Gasteiger partial charge in [-0.3, -0.25) is 0 Å². The molecule has 1 nitrogen and oxygen atoms in total. The number of terminal acetylenes is 1. The Labute approximate surface area is 51.0 Å². The zero-order valence-electron chi connectivity index (χ0n) is 5.26. The first-order valence-electron chi connectivity index (χ1n) is 2.80. The van der Waals surface area contributed by atoms with Crippen molar-refractivity contribution in [3.05, 3.63) is 0 Å². The molecule has 1 saturated heterocycles. The highest BCUT2D eigenvalue weighted by Crippen LogP contribution is 2.09. The molecule has 0 bridgehead atoms. The summed E-state index contributed by atoms with van der Waals surface area (Å²) in [5.41, 5.74) is 0. The quantitative estimate of drug-likeness (QED) is 0.429. The van der Waals surface area contributed by atoms with E-state index in [0.29, 0.717) is 0 Å². The Morgan fingerprint density at radius 1 is 1.50 bits per heavy atom. The number of ether oxygens (including phenoxy) is 1. The summed E-state index contributed by atoms with van der Waals surface area (Å²) in [6.07, 6.45) is 9.26. The molecule has 1 rings (SSSR count). The molecule has 8 heavy (non-hydrogen) atoms. The average molecular weight is 112 g/mol. The second-order valence-electron chi connectivity index (χ2n) is 1.97. The van der Waals surface area contributed by atoms with Crippen molar-refractivity contribution in [2.24, 2.45) is 5.92 Å². The number of hydrogen-bond donors (Lipinski definition) is 0. The van der Waals surface area contributed by atoms with E-state index in [1.807, 2.05) is 0 Å². The third kappa shape index (κ3) is 2.65. The Kier molecular flexibility index (Phi) is 4.39. The van der Waals surface area contributed by atoms with Gasteiger partial charge in [-0.2, -0.15) is 0 Å². The second kappa shape index (κ2) is 4.67. The molecule has 0 aromatic heterocycles.